The maximum Gasteiger partial charge on any atom is 0.137 e. The van der Waals surface area contributed by atoms with Crippen LogP contribution in [0, 0.1) is 17.2 Å². The number of hydrogen-bond acceptors (Lipinski definition) is 4. The van der Waals surface area contributed by atoms with Gasteiger partial charge in [-0.15, -0.1) is 0 Å². The summed E-state index contributed by atoms with van der Waals surface area (Å²) in [7, 11) is 1.62. The molecule has 5 rings (SSSR count). The number of fused-ring (bicyclic) bond motifs is 3. The summed E-state index contributed by atoms with van der Waals surface area (Å²) in [4.78, 5) is 4.08. The van der Waals surface area contributed by atoms with Crippen LogP contribution < -0.4 is 10.1 Å². The predicted octanol–water partition coefficient (Wildman–Crippen LogP) is 8.82. The first-order chi connectivity index (χ1) is 20.0. The summed E-state index contributed by atoms with van der Waals surface area (Å²) in [6, 6.07) is 18.0. The molecule has 1 N–H and O–H groups in total. The second kappa shape index (κ2) is 13.3. The van der Waals surface area contributed by atoms with E-state index in [0.717, 1.165) is 65.8 Å². The Morgan fingerprint density at radius 2 is 2.00 bits per heavy atom. The van der Waals surface area contributed by atoms with Gasteiger partial charge in [-0.25, -0.2) is 4.98 Å². The van der Waals surface area contributed by atoms with Crippen molar-refractivity contribution in [1.29, 1.82) is 5.26 Å². The first-order valence-corrected chi connectivity index (χ1v) is 14.8. The van der Waals surface area contributed by atoms with Crippen molar-refractivity contribution in [2.75, 3.05) is 7.11 Å². The third-order valence-electron chi connectivity index (χ3n) is 7.93. The maximum absolute atomic E-state index is 9.82. The monoisotopic (exact) mass is 584 g/mol. The van der Waals surface area contributed by atoms with Crippen LogP contribution in [0.15, 0.2) is 67.4 Å². The lowest BCUT2D eigenvalue weighted by Gasteiger charge is -2.22. The van der Waals surface area contributed by atoms with Gasteiger partial charge in [0, 0.05) is 28.8 Å². The highest BCUT2D eigenvalue weighted by Crippen LogP contribution is 2.38. The van der Waals surface area contributed by atoms with E-state index in [1.807, 2.05) is 48.5 Å². The summed E-state index contributed by atoms with van der Waals surface area (Å²) in [5.74, 6) is 2.03. The summed E-state index contributed by atoms with van der Waals surface area (Å²) < 4.78 is 7.80. The number of nitriles is 1. The molecule has 41 heavy (non-hydrogen) atoms. The van der Waals surface area contributed by atoms with E-state index in [1.54, 1.807) is 13.3 Å². The van der Waals surface area contributed by atoms with Crippen LogP contribution in [-0.4, -0.2) is 16.7 Å². The van der Waals surface area contributed by atoms with E-state index in [1.165, 1.54) is 23.2 Å². The number of hydrogen-bond donors (Lipinski definition) is 1. The van der Waals surface area contributed by atoms with Crippen LogP contribution in [0.1, 0.15) is 60.1 Å². The van der Waals surface area contributed by atoms with Gasteiger partial charge < -0.3 is 14.6 Å². The van der Waals surface area contributed by atoms with Crippen molar-refractivity contribution in [3.63, 3.8) is 0 Å². The van der Waals surface area contributed by atoms with Crippen molar-refractivity contribution in [2.45, 2.75) is 51.5 Å². The van der Waals surface area contributed by atoms with Crippen molar-refractivity contribution in [3.05, 3.63) is 106 Å². The number of rotatable bonds is 9. The van der Waals surface area contributed by atoms with Crippen LogP contribution in [0.3, 0.4) is 0 Å². The van der Waals surface area contributed by atoms with E-state index in [2.05, 4.69) is 39.7 Å². The predicted molar refractivity (Wildman–Crippen MR) is 169 cm³/mol. The quantitative estimate of drug-likeness (QED) is 0.199. The summed E-state index contributed by atoms with van der Waals surface area (Å²) in [6.07, 6.45) is 13.7. The van der Waals surface area contributed by atoms with Crippen LogP contribution in [0.2, 0.25) is 10.2 Å². The Bertz CT molecular complexity index is 1610. The van der Waals surface area contributed by atoms with Crippen molar-refractivity contribution in [2.24, 2.45) is 5.92 Å². The SMILES string of the molecule is C=C(NCc1ccnc(Cl)c1)n1c2c(c3cc(OC)c(C#N)cc31)CCCC(CC/C=C/c1ccc(Cl)cc1)CC2. The van der Waals surface area contributed by atoms with Gasteiger partial charge >= 0.3 is 0 Å². The molecule has 2 heterocycles. The minimum absolute atomic E-state index is 0.464. The molecule has 1 unspecified atom stereocenters. The highest BCUT2D eigenvalue weighted by molar-refractivity contribution is 6.30. The van der Waals surface area contributed by atoms with Crippen LogP contribution in [0.4, 0.5) is 0 Å². The summed E-state index contributed by atoms with van der Waals surface area (Å²) in [5.41, 5.74) is 6.31. The average molecular weight is 586 g/mol. The van der Waals surface area contributed by atoms with Gasteiger partial charge in [-0.2, -0.15) is 5.26 Å². The number of methoxy groups -OCH3 is 1. The number of benzene rings is 2. The van der Waals surface area contributed by atoms with Crippen molar-refractivity contribution >= 4 is 46.0 Å². The van der Waals surface area contributed by atoms with E-state index in [4.69, 9.17) is 27.9 Å². The number of nitrogens with zero attached hydrogens (tertiary/aromatic N) is 3. The minimum atomic E-state index is 0.464. The van der Waals surface area contributed by atoms with Crippen LogP contribution in [-0.2, 0) is 19.4 Å². The van der Waals surface area contributed by atoms with Gasteiger partial charge in [0.2, 0.25) is 0 Å². The number of allylic oxidation sites excluding steroid dienone is 1. The minimum Gasteiger partial charge on any atom is -0.495 e. The molecule has 0 bridgehead atoms. The van der Waals surface area contributed by atoms with Gasteiger partial charge in [0.05, 0.1) is 18.2 Å². The number of nitrogens with one attached hydrogen (secondary N) is 1. The molecule has 2 aromatic heterocycles. The third kappa shape index (κ3) is 6.78. The Kier molecular flexibility index (Phi) is 9.34. The summed E-state index contributed by atoms with van der Waals surface area (Å²) in [6.45, 7) is 5.00. The molecule has 210 valence electrons. The molecule has 0 fully saturated rings. The van der Waals surface area contributed by atoms with Crippen molar-refractivity contribution in [3.8, 4) is 11.8 Å². The Morgan fingerprint density at radius 3 is 2.76 bits per heavy atom. The van der Waals surface area contributed by atoms with Crippen LogP contribution >= 0.6 is 23.2 Å². The van der Waals surface area contributed by atoms with Gasteiger partial charge in [0.1, 0.15) is 22.8 Å². The molecule has 4 aromatic rings. The first kappa shape index (κ1) is 28.8. The van der Waals surface area contributed by atoms with Crippen molar-refractivity contribution < 1.29 is 4.74 Å². The number of aryl methyl sites for hydroxylation is 1. The lowest BCUT2D eigenvalue weighted by molar-refractivity contribution is 0.400. The Labute approximate surface area is 252 Å². The van der Waals surface area contributed by atoms with Gasteiger partial charge in [-0.3, -0.25) is 0 Å². The fourth-order valence-electron chi connectivity index (χ4n) is 5.84. The Balaban J connectivity index is 1.39. The maximum atomic E-state index is 9.82. The second-order valence-corrected chi connectivity index (χ2v) is 11.4. The smallest absolute Gasteiger partial charge is 0.137 e. The zero-order valence-corrected chi connectivity index (χ0v) is 24.8. The molecule has 1 aliphatic rings. The molecule has 0 radical (unpaired) electrons. The van der Waals surface area contributed by atoms with Crippen molar-refractivity contribution in [1.82, 2.24) is 14.9 Å². The van der Waals surface area contributed by atoms with E-state index in [-0.39, 0.29) is 0 Å². The highest BCUT2D eigenvalue weighted by Gasteiger charge is 2.24. The summed E-state index contributed by atoms with van der Waals surface area (Å²) >= 11 is 12.1. The molecule has 0 saturated heterocycles. The Hall–Kier alpha value is -3.72. The van der Waals surface area contributed by atoms with Crippen LogP contribution in [0.5, 0.6) is 5.75 Å². The molecular weight excluding hydrogens is 551 g/mol. The van der Waals surface area contributed by atoms with E-state index >= 15 is 0 Å². The van der Waals surface area contributed by atoms with E-state index in [9.17, 15) is 5.26 Å². The second-order valence-electron chi connectivity index (χ2n) is 10.6. The zero-order chi connectivity index (χ0) is 28.8. The molecule has 0 spiro atoms. The normalized spacial score (nSPS) is 15.2. The molecule has 0 saturated carbocycles. The molecule has 0 amide bonds. The molecule has 1 aliphatic carbocycles. The van der Waals surface area contributed by atoms with Crippen LogP contribution in [0.25, 0.3) is 22.8 Å². The zero-order valence-electron chi connectivity index (χ0n) is 23.3. The number of pyridine rings is 1. The molecule has 5 nitrogen and oxygen atoms in total. The highest BCUT2D eigenvalue weighted by atomic mass is 35.5. The standard InChI is InChI=1S/C34H34Cl2N4O/c1-23(39-22-26-16-17-38-34(36)18-26)40-31-15-12-24(6-3-4-7-25-10-13-28(35)14-11-25)8-5-9-29(31)30-20-33(41-2)27(21-37)19-32(30)40/h4,7,10-11,13-14,16-20,24,39H,1,3,5-6,8-9,12,15,22H2,2H3/b7-4+. The molecule has 2 aromatic carbocycles. The van der Waals surface area contributed by atoms with E-state index in [0.29, 0.717) is 28.9 Å². The largest absolute Gasteiger partial charge is 0.495 e. The number of aromatic nitrogens is 2. The lowest BCUT2D eigenvalue weighted by atomic mass is 9.86. The van der Waals surface area contributed by atoms with E-state index < -0.39 is 0 Å². The Morgan fingerprint density at radius 1 is 1.17 bits per heavy atom. The molecule has 7 heteroatoms. The van der Waals surface area contributed by atoms with Gasteiger partial charge in [0.15, 0.2) is 0 Å². The fourth-order valence-corrected chi connectivity index (χ4v) is 6.16. The third-order valence-corrected chi connectivity index (χ3v) is 8.39. The first-order valence-electron chi connectivity index (χ1n) is 14.1. The van der Waals surface area contributed by atoms with Gasteiger partial charge in [0.25, 0.3) is 0 Å². The van der Waals surface area contributed by atoms with Gasteiger partial charge in [-0.1, -0.05) is 60.5 Å². The fraction of sp³-hybridized carbons (Fsp3) is 0.294. The van der Waals surface area contributed by atoms with Gasteiger partial charge in [-0.05, 0) is 97.5 Å². The molecule has 1 atom stereocenters. The summed E-state index contributed by atoms with van der Waals surface area (Å²) in [5, 5.41) is 15.7. The molecule has 0 aliphatic heterocycles. The number of ether oxygens (including phenoxy) is 1. The molecular formula is C34H34Cl2N4O. The number of halogens is 2. The topological polar surface area (TPSA) is 62.9 Å². The lowest BCUT2D eigenvalue weighted by Crippen LogP contribution is -2.19. The average Bonchev–Trinajstić information content (AvgIpc) is 3.26.